The third kappa shape index (κ3) is 5.14. The summed E-state index contributed by atoms with van der Waals surface area (Å²) in [6.45, 7) is 4.63. The maximum absolute atomic E-state index is 13.9. The van der Waals surface area contributed by atoms with Gasteiger partial charge in [-0.1, -0.05) is 18.9 Å². The standard InChI is InChI=1S/C21H31FN4O2/c1-3-23-21(24-13-15-8-9-19(28-2)18(22)12-15)25-17-10-11-26(14-17)20(27)16-6-4-5-7-16/h8-9,12,16-17H,3-7,10-11,13-14H2,1-2H3,(H2,23,24,25). The number of carbonyl (C=O) groups is 1. The Balaban J connectivity index is 1.56. The molecule has 2 N–H and O–H groups in total. The highest BCUT2D eigenvalue weighted by Gasteiger charge is 2.32. The number of aliphatic imine (C=N–C) groups is 1. The third-order valence-electron chi connectivity index (χ3n) is 5.53. The molecule has 1 saturated carbocycles. The van der Waals surface area contributed by atoms with Crippen molar-refractivity contribution < 1.29 is 13.9 Å². The SMILES string of the molecule is CCNC(=NCc1ccc(OC)c(F)c1)NC1CCN(C(=O)C2CCCC2)C1. The number of benzene rings is 1. The quantitative estimate of drug-likeness (QED) is 0.579. The number of nitrogens with zero attached hydrogens (tertiary/aromatic N) is 2. The van der Waals surface area contributed by atoms with Gasteiger partial charge in [0.15, 0.2) is 17.5 Å². The van der Waals surface area contributed by atoms with Gasteiger partial charge in [0.05, 0.1) is 13.7 Å². The lowest BCUT2D eigenvalue weighted by Crippen LogP contribution is -2.45. The summed E-state index contributed by atoms with van der Waals surface area (Å²) in [5.41, 5.74) is 0.778. The van der Waals surface area contributed by atoms with Crippen LogP contribution in [0.2, 0.25) is 0 Å². The van der Waals surface area contributed by atoms with E-state index in [9.17, 15) is 9.18 Å². The number of guanidine groups is 1. The van der Waals surface area contributed by atoms with Crippen molar-refractivity contribution in [1.29, 1.82) is 0 Å². The van der Waals surface area contributed by atoms with Crippen molar-refractivity contribution in [2.24, 2.45) is 10.9 Å². The number of ether oxygens (including phenoxy) is 1. The average molecular weight is 391 g/mol. The molecule has 28 heavy (non-hydrogen) atoms. The molecule has 6 nitrogen and oxygen atoms in total. The normalized spacial score (nSPS) is 20.5. The minimum absolute atomic E-state index is 0.191. The highest BCUT2D eigenvalue weighted by atomic mass is 19.1. The topological polar surface area (TPSA) is 66.0 Å². The molecule has 0 radical (unpaired) electrons. The van der Waals surface area contributed by atoms with Crippen LogP contribution in [0.4, 0.5) is 4.39 Å². The molecule has 1 atom stereocenters. The monoisotopic (exact) mass is 390 g/mol. The second-order valence-corrected chi connectivity index (χ2v) is 7.56. The van der Waals surface area contributed by atoms with Crippen LogP contribution in [0.1, 0.15) is 44.6 Å². The second-order valence-electron chi connectivity index (χ2n) is 7.56. The van der Waals surface area contributed by atoms with Crippen LogP contribution in [0.5, 0.6) is 5.75 Å². The van der Waals surface area contributed by atoms with E-state index in [1.165, 1.54) is 26.0 Å². The summed E-state index contributed by atoms with van der Waals surface area (Å²) in [5.74, 6) is 1.09. The molecule has 1 aliphatic heterocycles. The molecular formula is C21H31FN4O2. The number of likely N-dealkylation sites (tertiary alicyclic amines) is 1. The summed E-state index contributed by atoms with van der Waals surface area (Å²) < 4.78 is 18.8. The number of carbonyl (C=O) groups excluding carboxylic acids is 1. The number of rotatable bonds is 6. The number of amides is 1. The highest BCUT2D eigenvalue weighted by Crippen LogP contribution is 2.27. The molecule has 1 aromatic rings. The van der Waals surface area contributed by atoms with Gasteiger partial charge in [-0.3, -0.25) is 4.79 Å². The fourth-order valence-electron chi connectivity index (χ4n) is 4.00. The highest BCUT2D eigenvalue weighted by molar-refractivity contribution is 5.81. The van der Waals surface area contributed by atoms with E-state index in [-0.39, 0.29) is 23.5 Å². The fourth-order valence-corrected chi connectivity index (χ4v) is 4.00. The van der Waals surface area contributed by atoms with Crippen LogP contribution in [0.25, 0.3) is 0 Å². The van der Waals surface area contributed by atoms with Gasteiger partial charge in [0.1, 0.15) is 0 Å². The van der Waals surface area contributed by atoms with Crippen LogP contribution in [0, 0.1) is 11.7 Å². The van der Waals surface area contributed by atoms with E-state index in [1.807, 2.05) is 17.9 Å². The van der Waals surface area contributed by atoms with Crippen LogP contribution in [0.3, 0.4) is 0 Å². The lowest BCUT2D eigenvalue weighted by Gasteiger charge is -2.21. The van der Waals surface area contributed by atoms with Gasteiger partial charge in [-0.2, -0.15) is 0 Å². The molecule has 0 aromatic heterocycles. The van der Waals surface area contributed by atoms with Crippen molar-refractivity contribution in [3.63, 3.8) is 0 Å². The minimum atomic E-state index is -0.384. The largest absolute Gasteiger partial charge is 0.494 e. The Bertz CT molecular complexity index is 704. The van der Waals surface area contributed by atoms with Crippen LogP contribution < -0.4 is 15.4 Å². The second kappa shape index (κ2) is 9.75. The first-order valence-corrected chi connectivity index (χ1v) is 10.3. The molecule has 1 saturated heterocycles. The number of hydrogen-bond donors (Lipinski definition) is 2. The first-order valence-electron chi connectivity index (χ1n) is 10.3. The van der Waals surface area contributed by atoms with E-state index in [4.69, 9.17) is 4.74 Å². The summed E-state index contributed by atoms with van der Waals surface area (Å²) in [6.07, 6.45) is 5.34. The van der Waals surface area contributed by atoms with E-state index in [0.717, 1.165) is 44.5 Å². The zero-order chi connectivity index (χ0) is 19.9. The van der Waals surface area contributed by atoms with Crippen molar-refractivity contribution in [3.05, 3.63) is 29.6 Å². The van der Waals surface area contributed by atoms with Gasteiger partial charge in [-0.25, -0.2) is 9.38 Å². The molecule has 1 unspecified atom stereocenters. The van der Waals surface area contributed by atoms with Crippen LogP contribution in [-0.2, 0) is 11.3 Å². The maximum atomic E-state index is 13.9. The van der Waals surface area contributed by atoms with E-state index in [0.29, 0.717) is 18.4 Å². The summed E-state index contributed by atoms with van der Waals surface area (Å²) in [5, 5.41) is 6.66. The molecule has 1 aromatic carbocycles. The van der Waals surface area contributed by atoms with Crippen molar-refractivity contribution in [1.82, 2.24) is 15.5 Å². The predicted octanol–water partition coefficient (Wildman–Crippen LogP) is 2.68. The number of nitrogens with one attached hydrogen (secondary N) is 2. The number of hydrogen-bond acceptors (Lipinski definition) is 3. The first-order chi connectivity index (χ1) is 13.6. The van der Waals surface area contributed by atoms with E-state index in [2.05, 4.69) is 15.6 Å². The van der Waals surface area contributed by atoms with E-state index >= 15 is 0 Å². The van der Waals surface area contributed by atoms with Gasteiger partial charge in [-0.15, -0.1) is 0 Å². The van der Waals surface area contributed by atoms with Crippen molar-refractivity contribution in [3.8, 4) is 5.75 Å². The summed E-state index contributed by atoms with van der Waals surface area (Å²) in [6, 6.07) is 5.07. The Hall–Kier alpha value is -2.31. The Kier molecular flexibility index (Phi) is 7.12. The van der Waals surface area contributed by atoms with Crippen molar-refractivity contribution >= 4 is 11.9 Å². The fraction of sp³-hybridized carbons (Fsp3) is 0.619. The van der Waals surface area contributed by atoms with Crippen molar-refractivity contribution in [2.45, 2.75) is 51.6 Å². The molecule has 2 fully saturated rings. The Morgan fingerprint density at radius 1 is 1.32 bits per heavy atom. The smallest absolute Gasteiger partial charge is 0.225 e. The molecule has 3 rings (SSSR count). The Morgan fingerprint density at radius 3 is 2.79 bits per heavy atom. The molecule has 0 spiro atoms. The lowest BCUT2D eigenvalue weighted by atomic mass is 10.1. The van der Waals surface area contributed by atoms with Gasteiger partial charge in [0, 0.05) is 31.6 Å². The Morgan fingerprint density at radius 2 is 2.11 bits per heavy atom. The van der Waals surface area contributed by atoms with Crippen LogP contribution in [0.15, 0.2) is 23.2 Å². The average Bonchev–Trinajstić information content (AvgIpc) is 3.38. The van der Waals surface area contributed by atoms with Crippen LogP contribution >= 0.6 is 0 Å². The maximum Gasteiger partial charge on any atom is 0.225 e. The molecular weight excluding hydrogens is 359 g/mol. The van der Waals surface area contributed by atoms with Gasteiger partial charge < -0.3 is 20.3 Å². The first kappa shape index (κ1) is 20.4. The number of methoxy groups -OCH3 is 1. The molecule has 1 aliphatic carbocycles. The summed E-state index contributed by atoms with van der Waals surface area (Å²) >= 11 is 0. The minimum Gasteiger partial charge on any atom is -0.494 e. The molecule has 1 amide bonds. The lowest BCUT2D eigenvalue weighted by molar-refractivity contribution is -0.134. The van der Waals surface area contributed by atoms with Crippen LogP contribution in [-0.4, -0.2) is 49.6 Å². The zero-order valence-electron chi connectivity index (χ0n) is 16.8. The molecule has 0 bridgehead atoms. The van der Waals surface area contributed by atoms with Gasteiger partial charge in [0.2, 0.25) is 5.91 Å². The molecule has 154 valence electrons. The van der Waals surface area contributed by atoms with Crippen molar-refractivity contribution in [2.75, 3.05) is 26.7 Å². The summed E-state index contributed by atoms with van der Waals surface area (Å²) in [7, 11) is 1.45. The van der Waals surface area contributed by atoms with Gasteiger partial charge in [-0.05, 0) is 43.9 Å². The van der Waals surface area contributed by atoms with Gasteiger partial charge >= 0.3 is 0 Å². The molecule has 2 aliphatic rings. The predicted molar refractivity (Wildman–Crippen MR) is 108 cm³/mol. The Labute approximate surface area is 166 Å². The zero-order valence-corrected chi connectivity index (χ0v) is 16.8. The number of halogens is 1. The van der Waals surface area contributed by atoms with E-state index < -0.39 is 0 Å². The third-order valence-corrected chi connectivity index (χ3v) is 5.53. The van der Waals surface area contributed by atoms with Gasteiger partial charge in [0.25, 0.3) is 0 Å². The molecule has 7 heteroatoms. The molecule has 1 heterocycles. The summed E-state index contributed by atoms with van der Waals surface area (Å²) in [4.78, 5) is 19.2. The van der Waals surface area contributed by atoms with E-state index in [1.54, 1.807) is 6.07 Å².